The Bertz CT molecular complexity index is 480. The molecule has 86 valence electrons. The van der Waals surface area contributed by atoms with Crippen molar-refractivity contribution in [2.45, 2.75) is 6.61 Å². The Hall–Kier alpha value is -2.29. The monoisotopic (exact) mass is 228 g/mol. The Morgan fingerprint density at radius 1 is 0.882 bits per heavy atom. The molecule has 0 aliphatic carbocycles. The van der Waals surface area contributed by atoms with E-state index in [-0.39, 0.29) is 0 Å². The lowest BCUT2D eigenvalue weighted by atomic mass is 10.2. The van der Waals surface area contributed by atoms with Crippen LogP contribution in [0.3, 0.4) is 0 Å². The highest BCUT2D eigenvalue weighted by Gasteiger charge is 2.03. The van der Waals surface area contributed by atoms with Gasteiger partial charge in [0.2, 0.25) is 0 Å². The van der Waals surface area contributed by atoms with Gasteiger partial charge in [-0.2, -0.15) is 0 Å². The fourth-order valence-electron chi connectivity index (χ4n) is 1.45. The predicted molar refractivity (Wildman–Crippen MR) is 63.9 cm³/mol. The van der Waals surface area contributed by atoms with E-state index in [0.717, 1.165) is 5.56 Å². The standard InChI is InChI=1S/C14H12O3/c15-11-17-14-9-5-4-8-13(14)16-10-12-6-2-1-3-7-12/h1-9,11H,10H2. The number of benzene rings is 2. The van der Waals surface area contributed by atoms with E-state index in [1.165, 1.54) is 0 Å². The SMILES string of the molecule is O=COc1ccccc1OCc1ccccc1. The molecule has 0 aromatic heterocycles. The molecule has 0 amide bonds. The van der Waals surface area contributed by atoms with Crippen molar-refractivity contribution in [1.82, 2.24) is 0 Å². The third kappa shape index (κ3) is 3.08. The molecule has 0 heterocycles. The van der Waals surface area contributed by atoms with Crippen LogP contribution in [0.25, 0.3) is 0 Å². The van der Waals surface area contributed by atoms with Crippen LogP contribution in [-0.2, 0) is 11.4 Å². The molecule has 2 aromatic carbocycles. The summed E-state index contributed by atoms with van der Waals surface area (Å²) in [6.45, 7) is 0.838. The first-order valence-electron chi connectivity index (χ1n) is 5.26. The van der Waals surface area contributed by atoms with Crippen LogP contribution in [0.4, 0.5) is 0 Å². The Morgan fingerprint density at radius 3 is 2.24 bits per heavy atom. The highest BCUT2D eigenvalue weighted by molar-refractivity contribution is 5.50. The molecule has 0 N–H and O–H groups in total. The fourth-order valence-corrected chi connectivity index (χ4v) is 1.45. The molecule has 0 bridgehead atoms. The summed E-state index contributed by atoms with van der Waals surface area (Å²) in [5, 5.41) is 0. The summed E-state index contributed by atoms with van der Waals surface area (Å²) in [5.41, 5.74) is 1.06. The number of carbonyl (C=O) groups excluding carboxylic acids is 1. The van der Waals surface area contributed by atoms with Crippen LogP contribution in [0.2, 0.25) is 0 Å². The van der Waals surface area contributed by atoms with E-state index in [4.69, 9.17) is 9.47 Å². The second-order valence-electron chi connectivity index (χ2n) is 3.44. The highest BCUT2D eigenvalue weighted by Crippen LogP contribution is 2.26. The van der Waals surface area contributed by atoms with Crippen molar-refractivity contribution < 1.29 is 14.3 Å². The van der Waals surface area contributed by atoms with Gasteiger partial charge in [0, 0.05) is 0 Å². The van der Waals surface area contributed by atoms with Crippen LogP contribution in [0.15, 0.2) is 54.6 Å². The van der Waals surface area contributed by atoms with Crippen molar-refractivity contribution in [3.63, 3.8) is 0 Å². The minimum absolute atomic E-state index is 0.394. The average Bonchev–Trinajstić information content (AvgIpc) is 2.39. The predicted octanol–water partition coefficient (Wildman–Crippen LogP) is 2.80. The zero-order valence-electron chi connectivity index (χ0n) is 9.21. The van der Waals surface area contributed by atoms with Crippen LogP contribution in [-0.4, -0.2) is 6.47 Å². The van der Waals surface area contributed by atoms with E-state index in [2.05, 4.69) is 0 Å². The van der Waals surface area contributed by atoms with Gasteiger partial charge in [-0.1, -0.05) is 42.5 Å². The van der Waals surface area contributed by atoms with E-state index in [1.54, 1.807) is 18.2 Å². The Balaban J connectivity index is 2.06. The summed E-state index contributed by atoms with van der Waals surface area (Å²) >= 11 is 0. The average molecular weight is 228 g/mol. The first-order valence-corrected chi connectivity index (χ1v) is 5.26. The zero-order valence-corrected chi connectivity index (χ0v) is 9.21. The van der Waals surface area contributed by atoms with Gasteiger partial charge in [0.15, 0.2) is 11.5 Å². The highest BCUT2D eigenvalue weighted by atomic mass is 16.5. The van der Waals surface area contributed by atoms with Gasteiger partial charge in [-0.25, -0.2) is 0 Å². The number of hydrogen-bond donors (Lipinski definition) is 0. The molecule has 17 heavy (non-hydrogen) atoms. The maximum atomic E-state index is 10.3. The summed E-state index contributed by atoms with van der Waals surface area (Å²) in [5.74, 6) is 0.988. The largest absolute Gasteiger partial charge is 0.485 e. The van der Waals surface area contributed by atoms with Crippen molar-refractivity contribution in [3.8, 4) is 11.5 Å². The topological polar surface area (TPSA) is 35.5 Å². The summed E-state index contributed by atoms with van der Waals surface area (Å²) in [7, 11) is 0. The summed E-state index contributed by atoms with van der Waals surface area (Å²) < 4.78 is 10.4. The number of carbonyl (C=O) groups is 1. The van der Waals surface area contributed by atoms with Crippen molar-refractivity contribution >= 4 is 6.47 Å². The molecular weight excluding hydrogens is 216 g/mol. The molecule has 0 saturated carbocycles. The third-order valence-corrected chi connectivity index (χ3v) is 2.26. The molecule has 0 aliphatic rings. The van der Waals surface area contributed by atoms with Crippen LogP contribution in [0.1, 0.15) is 5.56 Å². The number of para-hydroxylation sites is 2. The molecule has 0 saturated heterocycles. The quantitative estimate of drug-likeness (QED) is 0.738. The second-order valence-corrected chi connectivity index (χ2v) is 3.44. The molecule has 0 fully saturated rings. The Morgan fingerprint density at radius 2 is 1.53 bits per heavy atom. The first kappa shape index (κ1) is 11.2. The first-order chi connectivity index (χ1) is 8.40. The maximum Gasteiger partial charge on any atom is 0.298 e. The van der Waals surface area contributed by atoms with E-state index in [1.807, 2.05) is 36.4 Å². The summed E-state index contributed by atoms with van der Waals surface area (Å²) in [6.07, 6.45) is 0. The number of rotatable bonds is 5. The summed E-state index contributed by atoms with van der Waals surface area (Å²) in [4.78, 5) is 10.3. The molecule has 0 radical (unpaired) electrons. The minimum Gasteiger partial charge on any atom is -0.485 e. The van der Waals surface area contributed by atoms with E-state index >= 15 is 0 Å². The van der Waals surface area contributed by atoms with Gasteiger partial charge in [-0.05, 0) is 17.7 Å². The van der Waals surface area contributed by atoms with Crippen LogP contribution >= 0.6 is 0 Å². The van der Waals surface area contributed by atoms with Gasteiger partial charge >= 0.3 is 0 Å². The van der Waals surface area contributed by atoms with Gasteiger partial charge in [0.25, 0.3) is 6.47 Å². The summed E-state index contributed by atoms with van der Waals surface area (Å²) in [6, 6.07) is 16.9. The molecule has 0 unspecified atom stereocenters. The smallest absolute Gasteiger partial charge is 0.298 e. The fraction of sp³-hybridized carbons (Fsp3) is 0.0714. The number of hydrogen-bond acceptors (Lipinski definition) is 3. The lowest BCUT2D eigenvalue weighted by molar-refractivity contribution is -0.120. The van der Waals surface area contributed by atoms with Gasteiger partial charge in [0.1, 0.15) is 6.61 Å². The normalized spacial score (nSPS) is 9.65. The van der Waals surface area contributed by atoms with Crippen LogP contribution in [0, 0.1) is 0 Å². The molecule has 2 aromatic rings. The molecule has 3 heteroatoms. The molecule has 3 nitrogen and oxygen atoms in total. The molecule has 2 rings (SSSR count). The third-order valence-electron chi connectivity index (χ3n) is 2.26. The van der Waals surface area contributed by atoms with Crippen molar-refractivity contribution in [3.05, 3.63) is 60.2 Å². The van der Waals surface area contributed by atoms with Crippen molar-refractivity contribution in [2.75, 3.05) is 0 Å². The second kappa shape index (κ2) is 5.70. The van der Waals surface area contributed by atoms with Gasteiger partial charge in [0.05, 0.1) is 0 Å². The van der Waals surface area contributed by atoms with E-state index in [9.17, 15) is 4.79 Å². The number of ether oxygens (including phenoxy) is 2. The lowest BCUT2D eigenvalue weighted by Gasteiger charge is -2.09. The van der Waals surface area contributed by atoms with Gasteiger partial charge in [-0.15, -0.1) is 0 Å². The van der Waals surface area contributed by atoms with Crippen molar-refractivity contribution in [1.29, 1.82) is 0 Å². The van der Waals surface area contributed by atoms with Gasteiger partial charge < -0.3 is 9.47 Å². The minimum atomic E-state index is 0.394. The maximum absolute atomic E-state index is 10.3. The molecule has 0 spiro atoms. The molecule has 0 atom stereocenters. The Labute approximate surface area is 99.6 Å². The molecule has 0 aliphatic heterocycles. The zero-order chi connectivity index (χ0) is 11.9. The van der Waals surface area contributed by atoms with E-state index < -0.39 is 0 Å². The van der Waals surface area contributed by atoms with Crippen LogP contribution in [0.5, 0.6) is 11.5 Å². The van der Waals surface area contributed by atoms with Crippen LogP contribution < -0.4 is 9.47 Å². The lowest BCUT2D eigenvalue weighted by Crippen LogP contribution is -1.98. The molecular formula is C14H12O3. The van der Waals surface area contributed by atoms with E-state index in [0.29, 0.717) is 24.6 Å². The van der Waals surface area contributed by atoms with Gasteiger partial charge in [-0.3, -0.25) is 4.79 Å². The Kier molecular flexibility index (Phi) is 3.76. The van der Waals surface area contributed by atoms with Crippen molar-refractivity contribution in [2.24, 2.45) is 0 Å².